The van der Waals surface area contributed by atoms with E-state index in [0.717, 1.165) is 0 Å². The van der Waals surface area contributed by atoms with Crippen molar-refractivity contribution in [3.63, 3.8) is 0 Å². The molecular weight excluding hydrogens is 286 g/mol. The van der Waals surface area contributed by atoms with Gasteiger partial charge in [0.15, 0.2) is 5.69 Å². The molecule has 20 heavy (non-hydrogen) atoms. The zero-order valence-corrected chi connectivity index (χ0v) is 12.4. The summed E-state index contributed by atoms with van der Waals surface area (Å²) < 4.78 is 27.2. The van der Waals surface area contributed by atoms with Crippen LogP contribution in [-0.2, 0) is 10.0 Å². The highest BCUT2D eigenvalue weighted by molar-refractivity contribution is 7.89. The Bertz CT molecular complexity index is 581. The number of aromatic amines is 1. The highest BCUT2D eigenvalue weighted by atomic mass is 32.2. The summed E-state index contributed by atoms with van der Waals surface area (Å²) >= 11 is 0. The summed E-state index contributed by atoms with van der Waals surface area (Å²) in [5.74, 6) is -1.43. The lowest BCUT2D eigenvalue weighted by Crippen LogP contribution is -2.50. The number of nitrogens with one attached hydrogen (secondary N) is 2. The molecule has 0 saturated carbocycles. The molecule has 0 aliphatic carbocycles. The Kier molecular flexibility index (Phi) is 4.90. The number of aryl methyl sites for hydroxylation is 1. The molecule has 1 aromatic rings. The van der Waals surface area contributed by atoms with Crippen LogP contribution < -0.4 is 4.72 Å². The van der Waals surface area contributed by atoms with Gasteiger partial charge in [0.1, 0.15) is 4.90 Å². The number of aromatic nitrogens is 2. The average Bonchev–Trinajstić information content (AvgIpc) is 2.79. The molecule has 114 valence electrons. The van der Waals surface area contributed by atoms with Crippen molar-refractivity contribution in [1.29, 1.82) is 0 Å². The number of carboxylic acid groups (broad SMARTS) is 1. The van der Waals surface area contributed by atoms with E-state index in [0.29, 0.717) is 12.8 Å². The zero-order chi connectivity index (χ0) is 15.6. The Morgan fingerprint density at radius 1 is 1.40 bits per heavy atom. The van der Waals surface area contributed by atoms with E-state index < -0.39 is 32.1 Å². The molecule has 0 spiro atoms. The van der Waals surface area contributed by atoms with Crippen molar-refractivity contribution in [3.8, 4) is 0 Å². The van der Waals surface area contributed by atoms with Crippen LogP contribution in [0.3, 0.4) is 0 Å². The summed E-state index contributed by atoms with van der Waals surface area (Å²) in [5.41, 5.74) is -1.44. The lowest BCUT2D eigenvalue weighted by Gasteiger charge is -2.30. The van der Waals surface area contributed by atoms with E-state index in [1.807, 2.05) is 0 Å². The smallest absolute Gasteiger partial charge is 0.357 e. The van der Waals surface area contributed by atoms with Crippen molar-refractivity contribution in [2.45, 2.75) is 44.0 Å². The van der Waals surface area contributed by atoms with Crippen LogP contribution in [0.15, 0.2) is 4.90 Å². The molecular formula is C11H19N3O5S. The third-order valence-corrected chi connectivity index (χ3v) is 5.11. The molecule has 0 bridgehead atoms. The fourth-order valence-corrected chi connectivity index (χ4v) is 3.74. The number of hydrogen-bond acceptors (Lipinski definition) is 5. The van der Waals surface area contributed by atoms with Crippen LogP contribution in [0.25, 0.3) is 0 Å². The number of carboxylic acids is 1. The number of rotatable bonds is 7. The van der Waals surface area contributed by atoms with E-state index in [4.69, 9.17) is 5.11 Å². The fraction of sp³-hybridized carbons (Fsp3) is 0.636. The van der Waals surface area contributed by atoms with Gasteiger partial charge in [0.2, 0.25) is 10.0 Å². The summed E-state index contributed by atoms with van der Waals surface area (Å²) in [4.78, 5) is 10.6. The van der Waals surface area contributed by atoms with Gasteiger partial charge in [-0.2, -0.15) is 5.10 Å². The molecule has 0 aliphatic heterocycles. The first-order valence-electron chi connectivity index (χ1n) is 6.16. The van der Waals surface area contributed by atoms with Gasteiger partial charge in [0.05, 0.1) is 17.8 Å². The summed E-state index contributed by atoms with van der Waals surface area (Å²) in [6, 6.07) is 0. The molecule has 0 saturated heterocycles. The van der Waals surface area contributed by atoms with E-state index in [1.165, 1.54) is 6.92 Å². The first-order valence-corrected chi connectivity index (χ1v) is 7.64. The lowest BCUT2D eigenvalue weighted by atomic mass is 9.96. The molecule has 0 fully saturated rings. The summed E-state index contributed by atoms with van der Waals surface area (Å²) in [7, 11) is -4.10. The molecule has 4 N–H and O–H groups in total. The zero-order valence-electron chi connectivity index (χ0n) is 11.6. The van der Waals surface area contributed by atoms with E-state index in [-0.39, 0.29) is 12.3 Å². The van der Waals surface area contributed by atoms with Crippen molar-refractivity contribution in [3.05, 3.63) is 11.4 Å². The SMILES string of the molecule is CCC(CC)(CO)NS(=O)(=O)c1c(C(=O)O)n[nH]c1C. The molecule has 0 atom stereocenters. The summed E-state index contributed by atoms with van der Waals surface area (Å²) in [6.45, 7) is 4.52. The van der Waals surface area contributed by atoms with Crippen LogP contribution in [0.5, 0.6) is 0 Å². The maximum absolute atomic E-state index is 12.4. The molecule has 9 heteroatoms. The number of hydrogen-bond donors (Lipinski definition) is 4. The van der Waals surface area contributed by atoms with Gasteiger partial charge >= 0.3 is 5.97 Å². The van der Waals surface area contributed by atoms with Crippen LogP contribution >= 0.6 is 0 Å². The summed E-state index contributed by atoms with van der Waals surface area (Å²) in [5, 5.41) is 24.2. The second kappa shape index (κ2) is 5.90. The Morgan fingerprint density at radius 3 is 2.35 bits per heavy atom. The molecule has 1 aromatic heterocycles. The van der Waals surface area contributed by atoms with E-state index >= 15 is 0 Å². The van der Waals surface area contributed by atoms with Crippen LogP contribution in [0.2, 0.25) is 0 Å². The van der Waals surface area contributed by atoms with Crippen molar-refractivity contribution in [2.75, 3.05) is 6.61 Å². The maximum atomic E-state index is 12.4. The van der Waals surface area contributed by atoms with Crippen molar-refractivity contribution < 1.29 is 23.4 Å². The van der Waals surface area contributed by atoms with Gasteiger partial charge in [0, 0.05) is 0 Å². The van der Waals surface area contributed by atoms with E-state index in [1.54, 1.807) is 13.8 Å². The van der Waals surface area contributed by atoms with Crippen LogP contribution in [0, 0.1) is 6.92 Å². The van der Waals surface area contributed by atoms with Gasteiger partial charge in [-0.05, 0) is 19.8 Å². The minimum absolute atomic E-state index is 0.133. The molecule has 0 unspecified atom stereocenters. The molecule has 0 aromatic carbocycles. The topological polar surface area (TPSA) is 132 Å². The van der Waals surface area contributed by atoms with Crippen LogP contribution in [-0.4, -0.2) is 46.9 Å². The highest BCUT2D eigenvalue weighted by Gasteiger charge is 2.35. The minimum atomic E-state index is -4.10. The number of aromatic carboxylic acids is 1. The number of nitrogens with zero attached hydrogens (tertiary/aromatic N) is 1. The minimum Gasteiger partial charge on any atom is -0.476 e. The number of H-pyrrole nitrogens is 1. The predicted molar refractivity (Wildman–Crippen MR) is 71.0 cm³/mol. The first-order chi connectivity index (χ1) is 9.23. The van der Waals surface area contributed by atoms with E-state index in [9.17, 15) is 18.3 Å². The Balaban J connectivity index is 3.31. The van der Waals surface area contributed by atoms with Crippen molar-refractivity contribution >= 4 is 16.0 Å². The highest BCUT2D eigenvalue weighted by Crippen LogP contribution is 2.22. The summed E-state index contributed by atoms with van der Waals surface area (Å²) in [6.07, 6.45) is 0.747. The monoisotopic (exact) mass is 305 g/mol. The normalized spacial score (nSPS) is 12.6. The van der Waals surface area contributed by atoms with Crippen molar-refractivity contribution in [1.82, 2.24) is 14.9 Å². The van der Waals surface area contributed by atoms with Gasteiger partial charge < -0.3 is 10.2 Å². The molecule has 0 aliphatic rings. The van der Waals surface area contributed by atoms with Gasteiger partial charge in [0.25, 0.3) is 0 Å². The van der Waals surface area contributed by atoms with Crippen molar-refractivity contribution in [2.24, 2.45) is 0 Å². The van der Waals surface area contributed by atoms with Gasteiger partial charge in [-0.15, -0.1) is 0 Å². The number of aliphatic hydroxyl groups excluding tert-OH is 1. The Morgan fingerprint density at radius 2 is 1.95 bits per heavy atom. The third-order valence-electron chi connectivity index (χ3n) is 3.37. The van der Waals surface area contributed by atoms with Gasteiger partial charge in [-0.25, -0.2) is 17.9 Å². The Hall–Kier alpha value is -1.45. The van der Waals surface area contributed by atoms with Crippen LogP contribution in [0.1, 0.15) is 42.9 Å². The largest absolute Gasteiger partial charge is 0.476 e. The average molecular weight is 305 g/mol. The molecule has 0 amide bonds. The second-order valence-corrected chi connectivity index (χ2v) is 6.20. The second-order valence-electron chi connectivity index (χ2n) is 4.58. The maximum Gasteiger partial charge on any atom is 0.357 e. The van der Waals surface area contributed by atoms with Gasteiger partial charge in [-0.3, -0.25) is 5.10 Å². The standard InChI is InChI=1S/C11H19N3O5S/c1-4-11(5-2,6-15)14-20(18,19)9-7(3)12-13-8(9)10(16)17/h14-15H,4-6H2,1-3H3,(H,12,13)(H,16,17). The third kappa shape index (κ3) is 3.00. The van der Waals surface area contributed by atoms with Gasteiger partial charge in [-0.1, -0.05) is 13.8 Å². The fourth-order valence-electron chi connectivity index (χ4n) is 1.88. The number of sulfonamides is 1. The first kappa shape index (κ1) is 16.6. The van der Waals surface area contributed by atoms with Crippen LogP contribution in [0.4, 0.5) is 0 Å². The molecule has 1 heterocycles. The number of carbonyl (C=O) groups is 1. The Labute approximate surface area is 117 Å². The van der Waals surface area contributed by atoms with E-state index in [2.05, 4.69) is 14.9 Å². The molecule has 1 rings (SSSR count). The number of aliphatic hydroxyl groups is 1. The molecule has 0 radical (unpaired) electrons. The predicted octanol–water partition coefficient (Wildman–Crippen LogP) is 0.246. The quantitative estimate of drug-likeness (QED) is 0.570. The molecule has 8 nitrogen and oxygen atoms in total. The lowest BCUT2D eigenvalue weighted by molar-refractivity contribution is 0.0686.